The fourth-order valence-electron chi connectivity index (χ4n) is 0.390. The Labute approximate surface area is 68.6 Å². The van der Waals surface area contributed by atoms with Crippen molar-refractivity contribution in [3.8, 4) is 0 Å². The number of hydrogen-bond donors (Lipinski definition) is 2. The Morgan fingerprint density at radius 3 is 2.55 bits per heavy atom. The number of nitrogen functional groups attached to an aromatic ring is 1. The van der Waals surface area contributed by atoms with Crippen LogP contribution >= 0.6 is 11.6 Å². The highest BCUT2D eigenvalue weighted by Gasteiger charge is 1.88. The Bertz CT molecular complexity index is 209. The van der Waals surface area contributed by atoms with Crippen LogP contribution in [-0.2, 0) is 4.79 Å². The summed E-state index contributed by atoms with van der Waals surface area (Å²) in [5.74, 6) is 0. The van der Waals surface area contributed by atoms with Gasteiger partial charge in [0, 0.05) is 6.20 Å². The summed E-state index contributed by atoms with van der Waals surface area (Å²) in [6.45, 7) is -0.250. The van der Waals surface area contributed by atoms with E-state index in [0.29, 0.717) is 10.7 Å². The van der Waals surface area contributed by atoms with E-state index in [4.69, 9.17) is 27.2 Å². The first-order chi connectivity index (χ1) is 5.22. The molecule has 0 aliphatic heterocycles. The van der Waals surface area contributed by atoms with Crippen molar-refractivity contribution in [1.82, 2.24) is 4.98 Å². The number of carboxylic acid groups (broad SMARTS) is 1. The number of hydrogen-bond acceptors (Lipinski definition) is 3. The summed E-state index contributed by atoms with van der Waals surface area (Å²) >= 11 is 5.54. The first kappa shape index (κ1) is 9.71. The maximum atomic E-state index is 8.36. The molecule has 0 aliphatic carbocycles. The Kier molecular flexibility index (Phi) is 4.85. The lowest BCUT2D eigenvalue weighted by molar-refractivity contribution is -0.122. The Balaban J connectivity index is 0.000000292. The summed E-state index contributed by atoms with van der Waals surface area (Å²) in [6.07, 6.45) is 3.11. The molecular weight excluding hydrogens is 168 g/mol. The third-order valence-electron chi connectivity index (χ3n) is 0.796. The largest absolute Gasteiger partial charge is 0.483 e. The van der Waals surface area contributed by atoms with Gasteiger partial charge < -0.3 is 10.8 Å². The molecule has 0 radical (unpaired) electrons. The Morgan fingerprint density at radius 2 is 2.27 bits per heavy atom. The van der Waals surface area contributed by atoms with Crippen LogP contribution in [0.5, 0.6) is 0 Å². The third-order valence-corrected chi connectivity index (χ3v) is 1.14. The predicted molar refractivity (Wildman–Crippen MR) is 42.4 cm³/mol. The van der Waals surface area contributed by atoms with Gasteiger partial charge in [0.1, 0.15) is 0 Å². The van der Waals surface area contributed by atoms with Crippen molar-refractivity contribution < 1.29 is 9.90 Å². The zero-order valence-corrected chi connectivity index (χ0v) is 6.32. The molecule has 0 unspecified atom stereocenters. The Hall–Kier alpha value is -1.29. The molecule has 1 aromatic heterocycles. The van der Waals surface area contributed by atoms with Crippen LogP contribution in [0, 0.1) is 0 Å². The van der Waals surface area contributed by atoms with Crippen molar-refractivity contribution >= 4 is 23.8 Å². The fraction of sp³-hybridized carbons (Fsp3) is 0. The molecule has 0 atom stereocenters. The van der Waals surface area contributed by atoms with E-state index in [-0.39, 0.29) is 6.47 Å². The molecule has 11 heavy (non-hydrogen) atoms. The van der Waals surface area contributed by atoms with Gasteiger partial charge in [0.15, 0.2) is 0 Å². The lowest BCUT2D eigenvalue weighted by Gasteiger charge is -1.90. The van der Waals surface area contributed by atoms with Crippen LogP contribution < -0.4 is 5.73 Å². The standard InChI is InChI=1S/C5H5ClN2.CH2O2/c6-4-1-2-8-3-5(4)7;2-1-3/h1-3H,7H2;1H,(H,2,3). The molecule has 0 saturated carbocycles. The van der Waals surface area contributed by atoms with Crippen molar-refractivity contribution in [2.75, 3.05) is 5.73 Å². The van der Waals surface area contributed by atoms with E-state index in [1.54, 1.807) is 12.3 Å². The first-order valence-corrected chi connectivity index (χ1v) is 3.03. The van der Waals surface area contributed by atoms with Gasteiger partial charge in [-0.05, 0) is 6.07 Å². The van der Waals surface area contributed by atoms with E-state index >= 15 is 0 Å². The topological polar surface area (TPSA) is 76.2 Å². The average Bonchev–Trinajstić information content (AvgIpc) is 1.97. The van der Waals surface area contributed by atoms with Crippen molar-refractivity contribution in [3.63, 3.8) is 0 Å². The highest BCUT2D eigenvalue weighted by molar-refractivity contribution is 6.32. The van der Waals surface area contributed by atoms with Gasteiger partial charge in [-0.15, -0.1) is 0 Å². The van der Waals surface area contributed by atoms with Crippen LogP contribution in [-0.4, -0.2) is 16.6 Å². The lowest BCUT2D eigenvalue weighted by Crippen LogP contribution is -1.85. The van der Waals surface area contributed by atoms with Crippen molar-refractivity contribution in [3.05, 3.63) is 23.5 Å². The van der Waals surface area contributed by atoms with Crippen LogP contribution in [0.4, 0.5) is 5.69 Å². The van der Waals surface area contributed by atoms with Crippen LogP contribution in [0.25, 0.3) is 0 Å². The van der Waals surface area contributed by atoms with Gasteiger partial charge in [0.05, 0.1) is 16.9 Å². The number of pyridine rings is 1. The molecule has 4 nitrogen and oxygen atoms in total. The van der Waals surface area contributed by atoms with Gasteiger partial charge in [0.25, 0.3) is 6.47 Å². The van der Waals surface area contributed by atoms with Crippen LogP contribution in [0.2, 0.25) is 5.02 Å². The first-order valence-electron chi connectivity index (χ1n) is 2.65. The third kappa shape index (κ3) is 4.16. The quantitative estimate of drug-likeness (QED) is 0.576. The summed E-state index contributed by atoms with van der Waals surface area (Å²) in [4.78, 5) is 12.1. The molecule has 0 fully saturated rings. The maximum absolute atomic E-state index is 8.36. The zero-order valence-electron chi connectivity index (χ0n) is 5.57. The summed E-state index contributed by atoms with van der Waals surface area (Å²) in [5.41, 5.74) is 5.85. The molecule has 0 bridgehead atoms. The summed E-state index contributed by atoms with van der Waals surface area (Å²) in [5, 5.41) is 7.44. The highest BCUT2D eigenvalue weighted by Crippen LogP contribution is 2.13. The number of aromatic nitrogens is 1. The molecule has 3 N–H and O–H groups in total. The minimum absolute atomic E-state index is 0.250. The van der Waals surface area contributed by atoms with E-state index in [2.05, 4.69) is 4.98 Å². The van der Waals surface area contributed by atoms with Crippen LogP contribution in [0.15, 0.2) is 18.5 Å². The van der Waals surface area contributed by atoms with Crippen LogP contribution in [0.1, 0.15) is 0 Å². The van der Waals surface area contributed by atoms with Gasteiger partial charge in [-0.2, -0.15) is 0 Å². The molecule has 1 rings (SSSR count). The summed E-state index contributed by atoms with van der Waals surface area (Å²) in [6, 6.07) is 1.65. The zero-order chi connectivity index (χ0) is 8.69. The monoisotopic (exact) mass is 174 g/mol. The van der Waals surface area contributed by atoms with Crippen molar-refractivity contribution in [2.45, 2.75) is 0 Å². The number of nitrogens with two attached hydrogens (primary N) is 1. The van der Waals surface area contributed by atoms with Crippen molar-refractivity contribution in [1.29, 1.82) is 0 Å². The minimum Gasteiger partial charge on any atom is -0.483 e. The van der Waals surface area contributed by atoms with Crippen molar-refractivity contribution in [2.24, 2.45) is 0 Å². The molecule has 0 aromatic carbocycles. The fourth-order valence-corrected chi connectivity index (χ4v) is 0.495. The van der Waals surface area contributed by atoms with E-state index in [9.17, 15) is 0 Å². The SMILES string of the molecule is Nc1cnccc1Cl.O=CO. The highest BCUT2D eigenvalue weighted by atomic mass is 35.5. The number of rotatable bonds is 0. The molecular formula is C6H7ClN2O2. The Morgan fingerprint density at radius 1 is 1.73 bits per heavy atom. The van der Waals surface area contributed by atoms with Gasteiger partial charge >= 0.3 is 0 Å². The molecule has 0 spiro atoms. The summed E-state index contributed by atoms with van der Waals surface area (Å²) in [7, 11) is 0. The van der Waals surface area contributed by atoms with E-state index in [1.807, 2.05) is 0 Å². The molecule has 60 valence electrons. The molecule has 1 aromatic rings. The van der Waals surface area contributed by atoms with Gasteiger partial charge in [-0.25, -0.2) is 0 Å². The average molecular weight is 175 g/mol. The van der Waals surface area contributed by atoms with Gasteiger partial charge in [-0.1, -0.05) is 11.6 Å². The van der Waals surface area contributed by atoms with E-state index in [0.717, 1.165) is 0 Å². The second-order valence-corrected chi connectivity index (χ2v) is 1.91. The molecule has 0 amide bonds. The normalized spacial score (nSPS) is 7.73. The van der Waals surface area contributed by atoms with E-state index in [1.165, 1.54) is 6.20 Å². The number of halogens is 1. The molecule has 0 saturated heterocycles. The lowest BCUT2D eigenvalue weighted by atomic mass is 10.4. The summed E-state index contributed by atoms with van der Waals surface area (Å²) < 4.78 is 0. The van der Waals surface area contributed by atoms with Gasteiger partial charge in [-0.3, -0.25) is 9.78 Å². The minimum atomic E-state index is -0.250. The number of nitrogens with zero attached hydrogens (tertiary/aromatic N) is 1. The second-order valence-electron chi connectivity index (χ2n) is 1.50. The number of carbonyl (C=O) groups is 1. The number of anilines is 1. The molecule has 1 heterocycles. The molecule has 0 aliphatic rings. The smallest absolute Gasteiger partial charge is 0.290 e. The van der Waals surface area contributed by atoms with E-state index < -0.39 is 0 Å². The second kappa shape index (κ2) is 5.49. The molecule has 5 heteroatoms. The van der Waals surface area contributed by atoms with Gasteiger partial charge in [0.2, 0.25) is 0 Å². The van der Waals surface area contributed by atoms with Crippen LogP contribution in [0.3, 0.4) is 0 Å². The maximum Gasteiger partial charge on any atom is 0.290 e. The predicted octanol–water partition coefficient (Wildman–Crippen LogP) is 1.02.